The van der Waals surface area contributed by atoms with Gasteiger partial charge in [0.05, 0.1) is 6.10 Å². The summed E-state index contributed by atoms with van der Waals surface area (Å²) in [6, 6.07) is 0. The maximum atomic E-state index is 11.9. The molecule has 3 atom stereocenters. The Kier molecular flexibility index (Phi) is 1.92. The topological polar surface area (TPSA) is 37.3 Å². The average molecular weight is 234 g/mol. The lowest BCUT2D eigenvalue weighted by Gasteiger charge is -2.50. The first kappa shape index (κ1) is 11.5. The van der Waals surface area contributed by atoms with Crippen molar-refractivity contribution in [2.24, 2.45) is 22.2 Å². The number of aliphatic hydroxyl groups excluding tert-OH is 1. The van der Waals surface area contributed by atoms with Gasteiger partial charge in [-0.25, -0.2) is 0 Å². The minimum absolute atomic E-state index is 0.00891. The number of rotatable bonds is 0. The standard InChI is InChI=1S/C15H22O2/c1-13(2)8-9(16)7-11-14(3,4)10-5-6-15(11,13)12(10)17/h7,10,12,17H,5-6,8H2,1-4H3/t10-,12-,15+/m0/s1. The van der Waals surface area contributed by atoms with Crippen LogP contribution in [0.25, 0.3) is 0 Å². The number of carbonyl (C=O) groups excluding carboxylic acids is 1. The number of ketones is 1. The first-order valence-corrected chi connectivity index (χ1v) is 6.67. The molecule has 2 nitrogen and oxygen atoms in total. The van der Waals surface area contributed by atoms with E-state index in [4.69, 9.17) is 0 Å². The van der Waals surface area contributed by atoms with E-state index in [1.165, 1.54) is 5.57 Å². The van der Waals surface area contributed by atoms with Gasteiger partial charge >= 0.3 is 0 Å². The summed E-state index contributed by atoms with van der Waals surface area (Å²) in [4.78, 5) is 11.9. The van der Waals surface area contributed by atoms with E-state index < -0.39 is 0 Å². The molecule has 3 rings (SSSR count). The molecule has 0 radical (unpaired) electrons. The van der Waals surface area contributed by atoms with E-state index in [0.29, 0.717) is 12.3 Å². The Morgan fingerprint density at radius 3 is 2.59 bits per heavy atom. The van der Waals surface area contributed by atoms with Crippen molar-refractivity contribution in [3.05, 3.63) is 11.6 Å². The van der Waals surface area contributed by atoms with E-state index in [2.05, 4.69) is 27.7 Å². The van der Waals surface area contributed by atoms with Crippen LogP contribution in [0.1, 0.15) is 47.0 Å². The fourth-order valence-corrected chi connectivity index (χ4v) is 5.08. The van der Waals surface area contributed by atoms with Crippen LogP contribution >= 0.6 is 0 Å². The minimum atomic E-state index is -0.258. The van der Waals surface area contributed by atoms with Gasteiger partial charge in [-0.2, -0.15) is 0 Å². The summed E-state index contributed by atoms with van der Waals surface area (Å²) in [6.45, 7) is 8.71. The fourth-order valence-electron chi connectivity index (χ4n) is 5.08. The van der Waals surface area contributed by atoms with Gasteiger partial charge in [0.25, 0.3) is 0 Å². The maximum absolute atomic E-state index is 11.9. The molecule has 0 heterocycles. The molecule has 2 fully saturated rings. The van der Waals surface area contributed by atoms with Gasteiger partial charge in [0, 0.05) is 11.8 Å². The second kappa shape index (κ2) is 2.85. The molecule has 17 heavy (non-hydrogen) atoms. The molecule has 1 spiro atoms. The molecular weight excluding hydrogens is 212 g/mol. The molecule has 94 valence electrons. The number of hydrogen-bond donors (Lipinski definition) is 1. The van der Waals surface area contributed by atoms with Gasteiger partial charge in [-0.1, -0.05) is 33.3 Å². The Morgan fingerprint density at radius 1 is 1.29 bits per heavy atom. The first-order chi connectivity index (χ1) is 7.73. The van der Waals surface area contributed by atoms with E-state index >= 15 is 0 Å². The number of allylic oxidation sites excluding steroid dienone is 1. The molecule has 0 saturated heterocycles. The van der Waals surface area contributed by atoms with Crippen LogP contribution in [-0.2, 0) is 4.79 Å². The Morgan fingerprint density at radius 2 is 1.94 bits per heavy atom. The van der Waals surface area contributed by atoms with Crippen LogP contribution in [0.3, 0.4) is 0 Å². The van der Waals surface area contributed by atoms with Crippen molar-refractivity contribution in [1.82, 2.24) is 0 Å². The Labute approximate surface area is 103 Å². The highest BCUT2D eigenvalue weighted by molar-refractivity contribution is 5.93. The van der Waals surface area contributed by atoms with Crippen molar-refractivity contribution in [3.8, 4) is 0 Å². The average Bonchev–Trinajstić information content (AvgIpc) is 2.57. The highest BCUT2D eigenvalue weighted by Gasteiger charge is 2.70. The summed E-state index contributed by atoms with van der Waals surface area (Å²) in [5.74, 6) is 0.572. The molecule has 3 aliphatic rings. The smallest absolute Gasteiger partial charge is 0.156 e. The van der Waals surface area contributed by atoms with Crippen LogP contribution in [0.15, 0.2) is 11.6 Å². The Hall–Kier alpha value is -0.630. The summed E-state index contributed by atoms with van der Waals surface area (Å²) in [5, 5.41) is 10.7. The van der Waals surface area contributed by atoms with Crippen molar-refractivity contribution in [3.63, 3.8) is 0 Å². The predicted molar refractivity (Wildman–Crippen MR) is 66.4 cm³/mol. The van der Waals surface area contributed by atoms with Crippen LogP contribution < -0.4 is 0 Å². The van der Waals surface area contributed by atoms with Gasteiger partial charge in [-0.15, -0.1) is 0 Å². The molecule has 2 saturated carbocycles. The monoisotopic (exact) mass is 234 g/mol. The van der Waals surface area contributed by atoms with Crippen molar-refractivity contribution < 1.29 is 9.90 Å². The Balaban J connectivity index is 2.27. The molecule has 3 aliphatic carbocycles. The van der Waals surface area contributed by atoms with E-state index in [1.807, 2.05) is 6.08 Å². The second-order valence-corrected chi connectivity index (χ2v) is 7.37. The molecule has 0 amide bonds. The summed E-state index contributed by atoms with van der Waals surface area (Å²) >= 11 is 0. The third-order valence-electron chi connectivity index (χ3n) is 5.97. The van der Waals surface area contributed by atoms with E-state index in [0.717, 1.165) is 12.8 Å². The molecule has 0 aromatic carbocycles. The van der Waals surface area contributed by atoms with Gasteiger partial charge in [-0.3, -0.25) is 4.79 Å². The zero-order valence-corrected chi connectivity index (χ0v) is 11.2. The molecule has 0 aromatic rings. The highest BCUT2D eigenvalue weighted by Crippen LogP contribution is 2.73. The lowest BCUT2D eigenvalue weighted by molar-refractivity contribution is -0.121. The van der Waals surface area contributed by atoms with Crippen molar-refractivity contribution >= 4 is 5.78 Å². The zero-order chi connectivity index (χ0) is 12.6. The molecule has 0 unspecified atom stereocenters. The third-order valence-corrected chi connectivity index (χ3v) is 5.97. The molecule has 2 bridgehead atoms. The quantitative estimate of drug-likeness (QED) is 0.699. The molecule has 0 aromatic heterocycles. The lowest BCUT2D eigenvalue weighted by atomic mass is 9.53. The van der Waals surface area contributed by atoms with Gasteiger partial charge in [0.15, 0.2) is 5.78 Å². The van der Waals surface area contributed by atoms with Crippen LogP contribution in [0, 0.1) is 22.2 Å². The van der Waals surface area contributed by atoms with Crippen molar-refractivity contribution in [2.75, 3.05) is 0 Å². The van der Waals surface area contributed by atoms with Gasteiger partial charge in [0.2, 0.25) is 0 Å². The van der Waals surface area contributed by atoms with Gasteiger partial charge in [-0.05, 0) is 35.7 Å². The largest absolute Gasteiger partial charge is 0.392 e. The molecule has 2 heteroatoms. The van der Waals surface area contributed by atoms with Crippen LogP contribution in [-0.4, -0.2) is 17.0 Å². The van der Waals surface area contributed by atoms with Crippen LogP contribution in [0.5, 0.6) is 0 Å². The maximum Gasteiger partial charge on any atom is 0.156 e. The lowest BCUT2D eigenvalue weighted by Crippen LogP contribution is -2.47. The summed E-state index contributed by atoms with van der Waals surface area (Å²) in [5.41, 5.74) is 0.992. The normalized spacial score (nSPS) is 45.7. The van der Waals surface area contributed by atoms with Crippen molar-refractivity contribution in [2.45, 2.75) is 53.1 Å². The fraction of sp³-hybridized carbons (Fsp3) is 0.800. The summed E-state index contributed by atoms with van der Waals surface area (Å²) in [6.07, 6.45) is 4.33. The number of aliphatic hydroxyl groups is 1. The van der Waals surface area contributed by atoms with Crippen molar-refractivity contribution in [1.29, 1.82) is 0 Å². The van der Waals surface area contributed by atoms with Crippen LogP contribution in [0.4, 0.5) is 0 Å². The SMILES string of the molecule is CC1(C)C2=CC(=O)CC(C)(C)[C@]23CC[C@H]1[C@@H]3O. The third kappa shape index (κ3) is 1.04. The van der Waals surface area contributed by atoms with E-state index in [9.17, 15) is 9.90 Å². The van der Waals surface area contributed by atoms with Gasteiger partial charge < -0.3 is 5.11 Å². The molecular formula is C15H22O2. The van der Waals surface area contributed by atoms with E-state index in [1.54, 1.807) is 0 Å². The second-order valence-electron chi connectivity index (χ2n) is 7.37. The highest BCUT2D eigenvalue weighted by atomic mass is 16.3. The summed E-state index contributed by atoms with van der Waals surface area (Å²) < 4.78 is 0. The number of hydrogen-bond acceptors (Lipinski definition) is 2. The predicted octanol–water partition coefficient (Wildman–Crippen LogP) is 2.71. The number of carbonyl (C=O) groups is 1. The first-order valence-electron chi connectivity index (χ1n) is 6.67. The van der Waals surface area contributed by atoms with E-state index in [-0.39, 0.29) is 28.1 Å². The zero-order valence-electron chi connectivity index (χ0n) is 11.2. The summed E-state index contributed by atoms with van der Waals surface area (Å²) in [7, 11) is 0. The molecule has 1 N–H and O–H groups in total. The van der Waals surface area contributed by atoms with Crippen LogP contribution in [0.2, 0.25) is 0 Å². The van der Waals surface area contributed by atoms with Gasteiger partial charge in [0.1, 0.15) is 0 Å². The molecule has 0 aliphatic heterocycles. The number of fused-ring (bicyclic) bond motifs is 1. The Bertz CT molecular complexity index is 430. The minimum Gasteiger partial charge on any atom is -0.392 e.